The lowest BCUT2D eigenvalue weighted by atomic mass is 9.96. The van der Waals surface area contributed by atoms with Gasteiger partial charge in [-0.2, -0.15) is 0 Å². The fraction of sp³-hybridized carbons (Fsp3) is 0.828. The SMILES string of the molecule is CC/C=C\C/C=C\C/C=C\C/C=C\C/C=C\CCCCCCCCCCCCCCCCCCCC(=O)NC(COC1OC(CO)C(OC2OC(CO)C(OC3OC(CO)C(O)C(O)C3O)C(O)C2O)C(O)C1O)C(O)/C=C/CC/C=C/CCCCCCCCCCCCCCCCCCCCCCCC. The summed E-state index contributed by atoms with van der Waals surface area (Å²) in [6.07, 6.45) is 62.9. The van der Waals surface area contributed by atoms with Crippen molar-refractivity contribution in [1.29, 1.82) is 0 Å². The molecule has 0 bridgehead atoms. The standard InChI is InChI=1S/C87H155NO18/c1-3-5-7-9-11-13-15-17-19-21-23-25-27-29-31-33-34-35-36-37-39-41-43-45-47-49-51-53-55-57-59-61-63-65-75(93)88-70(71(92)64-62-60-58-56-54-52-50-48-46-44-42-40-38-32-30-28-26-24-22-20-18-16-14-12-10-8-6-4-2)69-101-85-81(99)78(96)83(73(67-90)103-85)106-87-82(100)79(97)84(74(68-91)104-87)105-86-80(98)77(95)76(94)72(66-89)102-86/h5,7,11,13,17,19,23,25,29,31,54,56,62,64,70-74,76-87,89-92,94-100H,3-4,6,8-10,12,14-16,18,20-22,24,26-28,30,32-53,55,57-61,63,65-69H2,1-2H3,(H,88,93)/b7-5-,13-11-,19-17-,25-23-,31-29-,56-54+,64-62+. The van der Waals surface area contributed by atoms with Crippen molar-refractivity contribution in [3.63, 3.8) is 0 Å². The molecule has 106 heavy (non-hydrogen) atoms. The second kappa shape index (κ2) is 66.6. The van der Waals surface area contributed by atoms with E-state index in [2.05, 4.69) is 92.1 Å². The van der Waals surface area contributed by atoms with Crippen LogP contribution >= 0.6 is 0 Å². The largest absolute Gasteiger partial charge is 0.394 e. The molecule has 0 aromatic heterocycles. The van der Waals surface area contributed by atoms with E-state index in [0.29, 0.717) is 12.8 Å². The summed E-state index contributed by atoms with van der Waals surface area (Å²) in [5.74, 6) is -0.283. The van der Waals surface area contributed by atoms with Crippen LogP contribution in [0.3, 0.4) is 0 Å². The van der Waals surface area contributed by atoms with E-state index < -0.39 is 124 Å². The quantitative estimate of drug-likeness (QED) is 0.0199. The minimum atomic E-state index is -1.98. The van der Waals surface area contributed by atoms with Gasteiger partial charge in [0.1, 0.15) is 73.2 Å². The van der Waals surface area contributed by atoms with Gasteiger partial charge < -0.3 is 89.9 Å². The van der Waals surface area contributed by atoms with Crippen LogP contribution in [0.4, 0.5) is 0 Å². The Bertz CT molecular complexity index is 2240. The van der Waals surface area contributed by atoms with Gasteiger partial charge in [-0.1, -0.05) is 330 Å². The fourth-order valence-corrected chi connectivity index (χ4v) is 14.1. The highest BCUT2D eigenvalue weighted by molar-refractivity contribution is 5.76. The van der Waals surface area contributed by atoms with Crippen molar-refractivity contribution in [3.8, 4) is 0 Å². The number of carbonyl (C=O) groups excluding carboxylic acids is 1. The lowest BCUT2D eigenvalue weighted by Gasteiger charge is -2.48. The molecule has 0 spiro atoms. The molecule has 3 aliphatic rings. The third-order valence-corrected chi connectivity index (χ3v) is 20.9. The maximum Gasteiger partial charge on any atom is 0.220 e. The highest BCUT2D eigenvalue weighted by Gasteiger charge is 2.54. The Hall–Kier alpha value is -3.03. The molecule has 3 rings (SSSR count). The number of amides is 1. The van der Waals surface area contributed by atoms with Gasteiger partial charge in [0.2, 0.25) is 5.91 Å². The molecule has 1 amide bonds. The molecule has 3 fully saturated rings. The molecule has 0 saturated carbocycles. The monoisotopic (exact) mass is 1500 g/mol. The number of ether oxygens (including phenoxy) is 6. The lowest BCUT2D eigenvalue weighted by molar-refractivity contribution is -0.379. The van der Waals surface area contributed by atoms with E-state index in [1.807, 2.05) is 6.08 Å². The van der Waals surface area contributed by atoms with E-state index in [9.17, 15) is 61.0 Å². The maximum absolute atomic E-state index is 13.5. The van der Waals surface area contributed by atoms with Crippen LogP contribution in [0.25, 0.3) is 0 Å². The Morgan fingerprint density at radius 2 is 0.660 bits per heavy atom. The average Bonchev–Trinajstić information content (AvgIpc) is 0.781. The number of nitrogens with one attached hydrogen (secondary N) is 1. The number of aliphatic hydroxyl groups excluding tert-OH is 11. The molecule has 19 nitrogen and oxygen atoms in total. The zero-order valence-corrected chi connectivity index (χ0v) is 66.2. The molecule has 3 heterocycles. The fourth-order valence-electron chi connectivity index (χ4n) is 14.1. The zero-order valence-electron chi connectivity index (χ0n) is 66.2. The van der Waals surface area contributed by atoms with Gasteiger partial charge in [0, 0.05) is 6.42 Å². The zero-order chi connectivity index (χ0) is 76.7. The lowest BCUT2D eigenvalue weighted by Crippen LogP contribution is -2.66. The highest BCUT2D eigenvalue weighted by Crippen LogP contribution is 2.33. The first-order chi connectivity index (χ1) is 51.8. The Morgan fingerprint density at radius 1 is 0.349 bits per heavy atom. The summed E-state index contributed by atoms with van der Waals surface area (Å²) in [7, 11) is 0. The van der Waals surface area contributed by atoms with Crippen LogP contribution in [-0.2, 0) is 33.2 Å². The molecule has 19 heteroatoms. The molecule has 17 atom stereocenters. The molecule has 0 aromatic carbocycles. The van der Waals surface area contributed by atoms with Crippen molar-refractivity contribution in [2.45, 2.75) is 433 Å². The number of rotatable bonds is 68. The van der Waals surface area contributed by atoms with E-state index in [4.69, 9.17) is 28.4 Å². The third kappa shape index (κ3) is 45.5. The molecule has 0 radical (unpaired) electrons. The number of hydrogen-bond acceptors (Lipinski definition) is 18. The van der Waals surface area contributed by atoms with Gasteiger partial charge in [-0.25, -0.2) is 0 Å². The van der Waals surface area contributed by atoms with Crippen molar-refractivity contribution in [3.05, 3.63) is 85.1 Å². The van der Waals surface area contributed by atoms with Gasteiger partial charge >= 0.3 is 0 Å². The average molecular weight is 1500 g/mol. The van der Waals surface area contributed by atoms with Crippen LogP contribution in [0.1, 0.15) is 328 Å². The van der Waals surface area contributed by atoms with Crippen molar-refractivity contribution in [2.24, 2.45) is 0 Å². The second-order valence-electron chi connectivity index (χ2n) is 30.3. The van der Waals surface area contributed by atoms with Gasteiger partial charge in [0.05, 0.1) is 38.6 Å². The van der Waals surface area contributed by atoms with Crippen LogP contribution in [0, 0.1) is 0 Å². The minimum absolute atomic E-state index is 0.234. The number of hydrogen-bond donors (Lipinski definition) is 12. The Balaban J connectivity index is 1.36. The van der Waals surface area contributed by atoms with E-state index in [0.717, 1.165) is 70.6 Å². The Labute approximate surface area is 641 Å². The molecule has 17 unspecified atom stereocenters. The van der Waals surface area contributed by atoms with Crippen LogP contribution in [0.15, 0.2) is 85.1 Å². The first-order valence-corrected chi connectivity index (χ1v) is 42.8. The summed E-state index contributed by atoms with van der Waals surface area (Å²) in [6, 6.07) is -0.995. The Kier molecular flexibility index (Phi) is 61.0. The normalized spacial score (nSPS) is 26.1. The van der Waals surface area contributed by atoms with Gasteiger partial charge in [0.15, 0.2) is 18.9 Å². The van der Waals surface area contributed by atoms with Crippen molar-refractivity contribution >= 4 is 5.91 Å². The van der Waals surface area contributed by atoms with Gasteiger partial charge in [-0.15, -0.1) is 0 Å². The van der Waals surface area contributed by atoms with Crippen LogP contribution in [0.5, 0.6) is 0 Å². The van der Waals surface area contributed by atoms with Crippen molar-refractivity contribution < 1.29 is 89.4 Å². The van der Waals surface area contributed by atoms with Gasteiger partial charge in [-0.05, 0) is 77.0 Å². The summed E-state index contributed by atoms with van der Waals surface area (Å²) < 4.78 is 34.5. The first kappa shape index (κ1) is 97.2. The number of carbonyl (C=O) groups is 1. The summed E-state index contributed by atoms with van der Waals surface area (Å²) in [5, 5.41) is 121. The first-order valence-electron chi connectivity index (χ1n) is 42.8. The Morgan fingerprint density at radius 3 is 1.06 bits per heavy atom. The van der Waals surface area contributed by atoms with E-state index in [1.54, 1.807) is 6.08 Å². The van der Waals surface area contributed by atoms with Gasteiger partial charge in [0.25, 0.3) is 0 Å². The molecule has 3 saturated heterocycles. The molecule has 3 aliphatic heterocycles. The van der Waals surface area contributed by atoms with Gasteiger partial charge in [-0.3, -0.25) is 4.79 Å². The minimum Gasteiger partial charge on any atom is -0.394 e. The molecule has 0 aliphatic carbocycles. The number of unbranched alkanes of at least 4 members (excludes halogenated alkanes) is 40. The molecule has 0 aromatic rings. The predicted molar refractivity (Wildman–Crippen MR) is 424 cm³/mol. The van der Waals surface area contributed by atoms with E-state index in [1.165, 1.54) is 225 Å². The highest BCUT2D eigenvalue weighted by atomic mass is 16.8. The van der Waals surface area contributed by atoms with E-state index in [-0.39, 0.29) is 18.9 Å². The number of allylic oxidation sites excluding steroid dienone is 13. The smallest absolute Gasteiger partial charge is 0.220 e. The predicted octanol–water partition coefficient (Wildman–Crippen LogP) is 15.3. The summed E-state index contributed by atoms with van der Waals surface area (Å²) in [5.41, 5.74) is 0. The van der Waals surface area contributed by atoms with Crippen LogP contribution < -0.4 is 5.32 Å². The summed E-state index contributed by atoms with van der Waals surface area (Å²) in [6.45, 7) is 1.65. The molecule has 12 N–H and O–H groups in total. The van der Waals surface area contributed by atoms with Crippen molar-refractivity contribution in [1.82, 2.24) is 5.32 Å². The van der Waals surface area contributed by atoms with E-state index >= 15 is 0 Å². The number of aliphatic hydroxyl groups is 11. The summed E-state index contributed by atoms with van der Waals surface area (Å²) in [4.78, 5) is 13.5. The summed E-state index contributed by atoms with van der Waals surface area (Å²) >= 11 is 0. The third-order valence-electron chi connectivity index (χ3n) is 20.9. The molecular formula is C87H155NO18. The topological polar surface area (TPSA) is 307 Å². The maximum atomic E-state index is 13.5. The second-order valence-corrected chi connectivity index (χ2v) is 30.3. The van der Waals surface area contributed by atoms with Crippen LogP contribution in [-0.4, -0.2) is 193 Å². The van der Waals surface area contributed by atoms with Crippen LogP contribution in [0.2, 0.25) is 0 Å². The molecule has 616 valence electrons. The molecular weight excluding hydrogens is 1350 g/mol. The van der Waals surface area contributed by atoms with Crippen molar-refractivity contribution in [2.75, 3.05) is 26.4 Å².